The minimum Gasteiger partial charge on any atom is -0.493 e. The molecule has 0 saturated carbocycles. The first kappa shape index (κ1) is 18.3. The van der Waals surface area contributed by atoms with Gasteiger partial charge in [-0.25, -0.2) is 9.97 Å². The van der Waals surface area contributed by atoms with Gasteiger partial charge in [0.05, 0.1) is 17.2 Å². The first-order chi connectivity index (χ1) is 13.7. The van der Waals surface area contributed by atoms with E-state index in [1.807, 2.05) is 42.6 Å². The van der Waals surface area contributed by atoms with Crippen molar-refractivity contribution in [2.75, 3.05) is 24.2 Å². The number of aromatic nitrogens is 2. The Morgan fingerprint density at radius 3 is 2.89 bits per heavy atom. The van der Waals surface area contributed by atoms with Gasteiger partial charge in [0.15, 0.2) is 0 Å². The minimum atomic E-state index is 0.657. The Labute approximate surface area is 168 Å². The molecule has 0 aliphatic heterocycles. The van der Waals surface area contributed by atoms with Gasteiger partial charge in [-0.1, -0.05) is 30.3 Å². The molecule has 3 N–H and O–H groups in total. The molecular formula is C22H22N4OS. The Morgan fingerprint density at radius 1 is 1.11 bits per heavy atom. The third-order valence-corrected chi connectivity index (χ3v) is 5.49. The lowest BCUT2D eigenvalue weighted by atomic mass is 10.0. The molecule has 0 radical (unpaired) electrons. The van der Waals surface area contributed by atoms with Crippen LogP contribution in [0.1, 0.15) is 12.5 Å². The average Bonchev–Trinajstić information content (AvgIpc) is 3.19. The number of hydrogen-bond donors (Lipinski definition) is 2. The molecule has 0 bridgehead atoms. The average molecular weight is 391 g/mol. The zero-order chi connectivity index (χ0) is 19.3. The molecule has 0 spiro atoms. The van der Waals surface area contributed by atoms with Crippen molar-refractivity contribution in [1.82, 2.24) is 9.97 Å². The highest BCUT2D eigenvalue weighted by Gasteiger charge is 2.08. The molecule has 0 saturated heterocycles. The highest BCUT2D eigenvalue weighted by atomic mass is 32.1. The zero-order valence-electron chi connectivity index (χ0n) is 15.7. The number of nitrogens with two attached hydrogens (primary N) is 1. The van der Waals surface area contributed by atoms with Crippen LogP contribution in [0.4, 0.5) is 11.5 Å². The minimum absolute atomic E-state index is 0.657. The SMILES string of the molecule is CCOc1csc(-c2cc(NCCc3c(N)ccc4ccccc34)ncn2)c1. The predicted molar refractivity (Wildman–Crippen MR) is 117 cm³/mol. The highest BCUT2D eigenvalue weighted by Crippen LogP contribution is 2.30. The fourth-order valence-corrected chi connectivity index (χ4v) is 4.03. The van der Waals surface area contributed by atoms with Gasteiger partial charge < -0.3 is 15.8 Å². The molecular weight excluding hydrogens is 368 g/mol. The van der Waals surface area contributed by atoms with Gasteiger partial charge in [-0.2, -0.15) is 0 Å². The Hall–Kier alpha value is -3.12. The number of thiophene rings is 1. The summed E-state index contributed by atoms with van der Waals surface area (Å²) in [4.78, 5) is 9.79. The third kappa shape index (κ3) is 3.92. The van der Waals surface area contributed by atoms with Crippen LogP contribution in [0.15, 0.2) is 60.2 Å². The van der Waals surface area contributed by atoms with Crippen LogP contribution in [0.2, 0.25) is 0 Å². The van der Waals surface area contributed by atoms with Crippen molar-refractivity contribution in [2.24, 2.45) is 0 Å². The first-order valence-corrected chi connectivity index (χ1v) is 10.2. The second-order valence-electron chi connectivity index (χ2n) is 6.40. The molecule has 0 unspecified atom stereocenters. The molecule has 0 aliphatic carbocycles. The molecule has 0 aliphatic rings. The van der Waals surface area contributed by atoms with Gasteiger partial charge in [-0.05, 0) is 35.7 Å². The number of nitrogens with zero attached hydrogens (tertiary/aromatic N) is 2. The molecule has 2 aromatic heterocycles. The lowest BCUT2D eigenvalue weighted by Gasteiger charge is -2.11. The Kier molecular flexibility index (Phi) is 5.39. The summed E-state index contributed by atoms with van der Waals surface area (Å²) in [6.45, 7) is 3.38. The van der Waals surface area contributed by atoms with E-state index in [1.54, 1.807) is 17.7 Å². The second-order valence-corrected chi connectivity index (χ2v) is 7.31. The van der Waals surface area contributed by atoms with Crippen LogP contribution in [-0.4, -0.2) is 23.1 Å². The molecule has 2 heterocycles. The fourth-order valence-electron chi connectivity index (χ4n) is 3.23. The number of benzene rings is 2. The van der Waals surface area contributed by atoms with Gasteiger partial charge in [0.25, 0.3) is 0 Å². The van der Waals surface area contributed by atoms with Crippen LogP contribution < -0.4 is 15.8 Å². The largest absolute Gasteiger partial charge is 0.493 e. The Balaban J connectivity index is 1.47. The monoisotopic (exact) mass is 390 g/mol. The van der Waals surface area contributed by atoms with Crippen LogP contribution in [-0.2, 0) is 6.42 Å². The van der Waals surface area contributed by atoms with Crippen LogP contribution in [0.3, 0.4) is 0 Å². The van der Waals surface area contributed by atoms with E-state index in [4.69, 9.17) is 10.5 Å². The topological polar surface area (TPSA) is 73.1 Å². The van der Waals surface area contributed by atoms with E-state index < -0.39 is 0 Å². The van der Waals surface area contributed by atoms with E-state index in [0.29, 0.717) is 6.61 Å². The quantitative estimate of drug-likeness (QED) is 0.435. The second kappa shape index (κ2) is 8.27. The van der Waals surface area contributed by atoms with E-state index in [-0.39, 0.29) is 0 Å². The van der Waals surface area contributed by atoms with Gasteiger partial charge in [-0.3, -0.25) is 0 Å². The summed E-state index contributed by atoms with van der Waals surface area (Å²) in [5, 5.41) is 7.80. The van der Waals surface area contributed by atoms with E-state index in [0.717, 1.165) is 40.8 Å². The number of fused-ring (bicyclic) bond motifs is 1. The number of rotatable bonds is 7. The lowest BCUT2D eigenvalue weighted by Crippen LogP contribution is -2.08. The van der Waals surface area contributed by atoms with Gasteiger partial charge >= 0.3 is 0 Å². The summed E-state index contributed by atoms with van der Waals surface area (Å²) in [7, 11) is 0. The summed E-state index contributed by atoms with van der Waals surface area (Å²) < 4.78 is 5.54. The van der Waals surface area contributed by atoms with Crippen molar-refractivity contribution in [3.8, 4) is 16.3 Å². The van der Waals surface area contributed by atoms with Crippen molar-refractivity contribution in [3.63, 3.8) is 0 Å². The van der Waals surface area contributed by atoms with Gasteiger partial charge in [-0.15, -0.1) is 11.3 Å². The maximum atomic E-state index is 6.23. The number of hydrogen-bond acceptors (Lipinski definition) is 6. The van der Waals surface area contributed by atoms with E-state index in [9.17, 15) is 0 Å². The summed E-state index contributed by atoms with van der Waals surface area (Å²) in [6, 6.07) is 16.3. The van der Waals surface area contributed by atoms with Crippen molar-refractivity contribution in [3.05, 3.63) is 65.8 Å². The van der Waals surface area contributed by atoms with Crippen molar-refractivity contribution >= 4 is 33.6 Å². The molecule has 5 nitrogen and oxygen atoms in total. The van der Waals surface area contributed by atoms with Crippen molar-refractivity contribution in [2.45, 2.75) is 13.3 Å². The lowest BCUT2D eigenvalue weighted by molar-refractivity contribution is 0.342. The standard InChI is InChI=1S/C22H22N4OS/c1-2-27-16-11-21(28-13-16)20-12-22(26-14-25-20)24-10-9-18-17-6-4-3-5-15(17)7-8-19(18)23/h3-8,11-14H,2,9-10,23H2,1H3,(H,24,25,26). The van der Waals surface area contributed by atoms with Crippen molar-refractivity contribution < 1.29 is 4.74 Å². The summed E-state index contributed by atoms with van der Waals surface area (Å²) in [5.74, 6) is 1.68. The van der Waals surface area contributed by atoms with Crippen LogP contribution in [0, 0.1) is 0 Å². The highest BCUT2D eigenvalue weighted by molar-refractivity contribution is 7.13. The smallest absolute Gasteiger partial charge is 0.130 e. The first-order valence-electron chi connectivity index (χ1n) is 9.28. The van der Waals surface area contributed by atoms with Gasteiger partial charge in [0.1, 0.15) is 17.9 Å². The van der Waals surface area contributed by atoms with Crippen LogP contribution in [0.25, 0.3) is 21.3 Å². The van der Waals surface area contributed by atoms with E-state index in [1.165, 1.54) is 16.3 Å². The van der Waals surface area contributed by atoms with E-state index in [2.05, 4.69) is 33.5 Å². The predicted octanol–water partition coefficient (Wildman–Crippen LogP) is 4.99. The summed E-state index contributed by atoms with van der Waals surface area (Å²) in [6.07, 6.45) is 2.41. The van der Waals surface area contributed by atoms with Gasteiger partial charge in [0.2, 0.25) is 0 Å². The molecule has 28 heavy (non-hydrogen) atoms. The van der Waals surface area contributed by atoms with Crippen molar-refractivity contribution in [1.29, 1.82) is 0 Å². The maximum absolute atomic E-state index is 6.23. The molecule has 4 aromatic rings. The summed E-state index contributed by atoms with van der Waals surface area (Å²) >= 11 is 1.62. The number of nitrogens with one attached hydrogen (secondary N) is 1. The normalized spacial score (nSPS) is 10.9. The van der Waals surface area contributed by atoms with E-state index >= 15 is 0 Å². The Bertz CT molecular complexity index is 1090. The molecule has 2 aromatic carbocycles. The third-order valence-electron chi connectivity index (χ3n) is 4.56. The van der Waals surface area contributed by atoms with Crippen LogP contribution >= 0.6 is 11.3 Å². The molecule has 0 fully saturated rings. The Morgan fingerprint density at radius 2 is 2.00 bits per heavy atom. The summed E-state index contributed by atoms with van der Waals surface area (Å²) in [5.41, 5.74) is 9.11. The van der Waals surface area contributed by atoms with Crippen LogP contribution in [0.5, 0.6) is 5.75 Å². The molecule has 6 heteroatoms. The molecule has 4 rings (SSSR count). The number of ether oxygens (including phenoxy) is 1. The number of nitrogen functional groups attached to an aromatic ring is 1. The number of anilines is 2. The maximum Gasteiger partial charge on any atom is 0.130 e. The van der Waals surface area contributed by atoms with Gasteiger partial charge in [0, 0.05) is 29.7 Å². The molecule has 142 valence electrons. The fraction of sp³-hybridized carbons (Fsp3) is 0.182. The molecule has 0 amide bonds. The zero-order valence-corrected chi connectivity index (χ0v) is 16.5. The molecule has 0 atom stereocenters.